The highest BCUT2D eigenvalue weighted by atomic mass is 16.3. The molecule has 1 saturated heterocycles. The lowest BCUT2D eigenvalue weighted by molar-refractivity contribution is 0.110. The van der Waals surface area contributed by atoms with Crippen molar-refractivity contribution in [1.29, 1.82) is 0 Å². The Labute approximate surface area is 90.0 Å². The zero-order chi connectivity index (χ0) is 10.7. The largest absolute Gasteiger partial charge is 0.393 e. The number of hydrogen-bond donors (Lipinski definition) is 1. The summed E-state index contributed by atoms with van der Waals surface area (Å²) in [5, 5.41) is 9.49. The number of piperidine rings is 1. The molecular weight excluding hydrogens is 190 g/mol. The van der Waals surface area contributed by atoms with Crippen molar-refractivity contribution in [2.75, 3.05) is 18.0 Å². The molecule has 0 aliphatic carbocycles. The Hall–Kier alpha value is -1.16. The Morgan fingerprint density at radius 1 is 1.47 bits per heavy atom. The van der Waals surface area contributed by atoms with Gasteiger partial charge in [0, 0.05) is 19.3 Å². The number of nitrogens with zero attached hydrogens (tertiary/aromatic N) is 3. The van der Waals surface area contributed by atoms with Gasteiger partial charge < -0.3 is 10.0 Å². The van der Waals surface area contributed by atoms with Gasteiger partial charge in [-0.2, -0.15) is 0 Å². The summed E-state index contributed by atoms with van der Waals surface area (Å²) in [6.45, 7) is 3.84. The maximum absolute atomic E-state index is 9.49. The molecule has 4 nitrogen and oxygen atoms in total. The van der Waals surface area contributed by atoms with Gasteiger partial charge in [0.15, 0.2) is 0 Å². The quantitative estimate of drug-likeness (QED) is 0.788. The fourth-order valence-corrected chi connectivity index (χ4v) is 2.08. The van der Waals surface area contributed by atoms with E-state index in [0.29, 0.717) is 5.92 Å². The SMILES string of the molecule is CC(O)C1CCN(c2ccncn2)CC1. The molecule has 1 unspecified atom stereocenters. The van der Waals surface area contributed by atoms with E-state index >= 15 is 0 Å². The van der Waals surface area contributed by atoms with Crippen molar-refractivity contribution in [3.8, 4) is 0 Å². The van der Waals surface area contributed by atoms with Gasteiger partial charge in [0.25, 0.3) is 0 Å². The van der Waals surface area contributed by atoms with Crippen LogP contribution in [0.15, 0.2) is 18.6 Å². The van der Waals surface area contributed by atoms with Crippen LogP contribution in [0.3, 0.4) is 0 Å². The number of aliphatic hydroxyl groups excluding tert-OH is 1. The number of aromatic nitrogens is 2. The van der Waals surface area contributed by atoms with Crippen molar-refractivity contribution in [3.05, 3.63) is 18.6 Å². The summed E-state index contributed by atoms with van der Waals surface area (Å²) in [5.74, 6) is 1.44. The van der Waals surface area contributed by atoms with Gasteiger partial charge in [-0.3, -0.25) is 0 Å². The van der Waals surface area contributed by atoms with Gasteiger partial charge in [-0.05, 0) is 31.7 Å². The van der Waals surface area contributed by atoms with E-state index in [1.807, 2.05) is 13.0 Å². The monoisotopic (exact) mass is 207 g/mol. The van der Waals surface area contributed by atoms with Crippen LogP contribution in [0.5, 0.6) is 0 Å². The molecule has 15 heavy (non-hydrogen) atoms. The van der Waals surface area contributed by atoms with E-state index in [0.717, 1.165) is 31.7 Å². The predicted octanol–water partition coefficient (Wildman–Crippen LogP) is 1.07. The molecule has 0 amide bonds. The highest BCUT2D eigenvalue weighted by Crippen LogP contribution is 2.23. The number of hydrogen-bond acceptors (Lipinski definition) is 4. The molecule has 4 heteroatoms. The maximum atomic E-state index is 9.49. The van der Waals surface area contributed by atoms with Crippen LogP contribution in [-0.4, -0.2) is 34.3 Å². The van der Waals surface area contributed by atoms with Gasteiger partial charge >= 0.3 is 0 Å². The summed E-state index contributed by atoms with van der Waals surface area (Å²) in [4.78, 5) is 10.4. The summed E-state index contributed by atoms with van der Waals surface area (Å²) < 4.78 is 0. The minimum absolute atomic E-state index is 0.183. The third-order valence-corrected chi connectivity index (χ3v) is 3.11. The average molecular weight is 207 g/mol. The first-order valence-corrected chi connectivity index (χ1v) is 5.46. The summed E-state index contributed by atoms with van der Waals surface area (Å²) in [5.41, 5.74) is 0. The molecule has 1 atom stereocenters. The molecule has 1 fully saturated rings. The first-order chi connectivity index (χ1) is 7.27. The Kier molecular flexibility index (Phi) is 3.16. The molecule has 0 aromatic carbocycles. The van der Waals surface area contributed by atoms with Crippen LogP contribution in [0.25, 0.3) is 0 Å². The first kappa shape index (κ1) is 10.4. The molecule has 1 aliphatic heterocycles. The molecule has 0 bridgehead atoms. The highest BCUT2D eigenvalue weighted by Gasteiger charge is 2.22. The fourth-order valence-electron chi connectivity index (χ4n) is 2.08. The average Bonchev–Trinajstić information content (AvgIpc) is 2.30. The standard InChI is InChI=1S/C11H17N3O/c1-9(15)10-3-6-14(7-4-10)11-2-5-12-8-13-11/h2,5,8-10,15H,3-4,6-7H2,1H3. The Morgan fingerprint density at radius 2 is 2.20 bits per heavy atom. The van der Waals surface area contributed by atoms with Crippen molar-refractivity contribution < 1.29 is 5.11 Å². The van der Waals surface area contributed by atoms with E-state index < -0.39 is 0 Å². The second-order valence-corrected chi connectivity index (χ2v) is 4.13. The van der Waals surface area contributed by atoms with Gasteiger partial charge in [0.1, 0.15) is 12.1 Å². The molecule has 2 rings (SSSR count). The van der Waals surface area contributed by atoms with E-state index in [1.165, 1.54) is 0 Å². The lowest BCUT2D eigenvalue weighted by atomic mass is 9.92. The van der Waals surface area contributed by atoms with Crippen molar-refractivity contribution in [1.82, 2.24) is 9.97 Å². The maximum Gasteiger partial charge on any atom is 0.131 e. The molecule has 0 spiro atoms. The minimum atomic E-state index is -0.183. The van der Waals surface area contributed by atoms with Crippen LogP contribution in [0.2, 0.25) is 0 Å². The van der Waals surface area contributed by atoms with E-state index in [9.17, 15) is 5.11 Å². The summed E-state index contributed by atoms with van der Waals surface area (Å²) >= 11 is 0. The highest BCUT2D eigenvalue weighted by molar-refractivity contribution is 5.36. The Morgan fingerprint density at radius 3 is 2.73 bits per heavy atom. The second kappa shape index (κ2) is 4.57. The Bertz CT molecular complexity index is 294. The molecule has 1 aromatic heterocycles. The van der Waals surface area contributed by atoms with Crippen molar-refractivity contribution >= 4 is 5.82 Å². The molecule has 1 aromatic rings. The zero-order valence-electron chi connectivity index (χ0n) is 9.00. The third-order valence-electron chi connectivity index (χ3n) is 3.11. The summed E-state index contributed by atoms with van der Waals surface area (Å²) in [6, 6.07) is 1.93. The molecule has 2 heterocycles. The van der Waals surface area contributed by atoms with E-state index in [1.54, 1.807) is 12.5 Å². The topological polar surface area (TPSA) is 49.2 Å². The lowest BCUT2D eigenvalue weighted by Gasteiger charge is -2.33. The molecule has 1 N–H and O–H groups in total. The number of anilines is 1. The van der Waals surface area contributed by atoms with Gasteiger partial charge in [0.2, 0.25) is 0 Å². The predicted molar refractivity (Wildman–Crippen MR) is 58.6 cm³/mol. The minimum Gasteiger partial charge on any atom is -0.393 e. The molecular formula is C11H17N3O. The van der Waals surface area contributed by atoms with E-state index in [4.69, 9.17) is 0 Å². The van der Waals surface area contributed by atoms with E-state index in [-0.39, 0.29) is 6.10 Å². The van der Waals surface area contributed by atoms with E-state index in [2.05, 4.69) is 14.9 Å². The lowest BCUT2D eigenvalue weighted by Crippen LogP contribution is -2.37. The van der Waals surface area contributed by atoms with Gasteiger partial charge in [0.05, 0.1) is 6.10 Å². The number of aliphatic hydroxyl groups is 1. The molecule has 1 aliphatic rings. The zero-order valence-corrected chi connectivity index (χ0v) is 9.00. The molecule has 82 valence electrons. The van der Waals surface area contributed by atoms with Crippen LogP contribution < -0.4 is 4.90 Å². The van der Waals surface area contributed by atoms with Crippen LogP contribution in [0.4, 0.5) is 5.82 Å². The van der Waals surface area contributed by atoms with Crippen LogP contribution in [0, 0.1) is 5.92 Å². The van der Waals surface area contributed by atoms with Gasteiger partial charge in [-0.15, -0.1) is 0 Å². The van der Waals surface area contributed by atoms with Crippen LogP contribution in [-0.2, 0) is 0 Å². The molecule has 0 radical (unpaired) electrons. The number of rotatable bonds is 2. The van der Waals surface area contributed by atoms with Crippen molar-refractivity contribution in [2.24, 2.45) is 5.92 Å². The fraction of sp³-hybridized carbons (Fsp3) is 0.636. The van der Waals surface area contributed by atoms with Crippen LogP contribution >= 0.6 is 0 Å². The molecule has 0 saturated carbocycles. The van der Waals surface area contributed by atoms with Crippen molar-refractivity contribution in [2.45, 2.75) is 25.9 Å². The summed E-state index contributed by atoms with van der Waals surface area (Å²) in [7, 11) is 0. The van der Waals surface area contributed by atoms with Gasteiger partial charge in [-0.1, -0.05) is 0 Å². The Balaban J connectivity index is 1.94. The third kappa shape index (κ3) is 2.45. The normalized spacial score (nSPS) is 20.3. The van der Waals surface area contributed by atoms with Gasteiger partial charge in [-0.25, -0.2) is 9.97 Å². The van der Waals surface area contributed by atoms with Crippen LogP contribution in [0.1, 0.15) is 19.8 Å². The first-order valence-electron chi connectivity index (χ1n) is 5.46. The van der Waals surface area contributed by atoms with Crippen molar-refractivity contribution in [3.63, 3.8) is 0 Å². The smallest absolute Gasteiger partial charge is 0.131 e. The summed E-state index contributed by atoms with van der Waals surface area (Å²) in [6.07, 6.45) is 5.25. The second-order valence-electron chi connectivity index (χ2n) is 4.13.